The molecule has 0 bridgehead atoms. The molecule has 1 aromatic heterocycles. The van der Waals surface area contributed by atoms with E-state index in [0.29, 0.717) is 18.0 Å². The lowest BCUT2D eigenvalue weighted by atomic mass is 10.1. The van der Waals surface area contributed by atoms with Crippen LogP contribution in [0.5, 0.6) is 11.5 Å². The Hall–Kier alpha value is -3.26. The predicted octanol–water partition coefficient (Wildman–Crippen LogP) is 4.03. The van der Waals surface area contributed by atoms with E-state index < -0.39 is 0 Å². The van der Waals surface area contributed by atoms with Crippen LogP contribution in [0, 0.1) is 11.3 Å². The maximum absolute atomic E-state index is 9.54. The van der Waals surface area contributed by atoms with Crippen molar-refractivity contribution < 1.29 is 9.47 Å². The van der Waals surface area contributed by atoms with Gasteiger partial charge in [-0.25, -0.2) is 4.98 Å². The Morgan fingerprint density at radius 2 is 2.12 bits per heavy atom. The van der Waals surface area contributed by atoms with Gasteiger partial charge in [-0.05, 0) is 31.2 Å². The molecule has 0 saturated carbocycles. The van der Waals surface area contributed by atoms with E-state index in [4.69, 9.17) is 9.47 Å². The van der Waals surface area contributed by atoms with Gasteiger partial charge in [-0.2, -0.15) is 5.26 Å². The van der Waals surface area contributed by atoms with Crippen LogP contribution in [0.1, 0.15) is 18.3 Å². The molecule has 0 aliphatic heterocycles. The summed E-state index contributed by atoms with van der Waals surface area (Å²) in [6, 6.07) is 15.4. The molecule has 1 heterocycles. The molecular weight excluding hydrogens is 302 g/mol. The van der Waals surface area contributed by atoms with Crippen LogP contribution in [0.2, 0.25) is 0 Å². The first kappa shape index (κ1) is 15.6. The molecule has 3 rings (SSSR count). The maximum atomic E-state index is 9.54. The first-order chi connectivity index (χ1) is 11.7. The summed E-state index contributed by atoms with van der Waals surface area (Å²) in [5.74, 6) is 2.00. The molecule has 0 aliphatic rings. The Kier molecular flexibility index (Phi) is 4.48. The van der Waals surface area contributed by atoms with Gasteiger partial charge in [-0.15, -0.1) is 0 Å². The fourth-order valence-corrected chi connectivity index (χ4v) is 2.44. The summed E-state index contributed by atoms with van der Waals surface area (Å²) in [5.41, 5.74) is 2.89. The Morgan fingerprint density at radius 3 is 2.88 bits per heavy atom. The number of benzene rings is 2. The van der Waals surface area contributed by atoms with Gasteiger partial charge >= 0.3 is 0 Å². The highest BCUT2D eigenvalue weighted by atomic mass is 16.5. The number of methoxy groups -OCH3 is 1. The highest BCUT2D eigenvalue weighted by Gasteiger charge is 2.10. The molecule has 0 saturated heterocycles. The number of para-hydroxylation sites is 1. The van der Waals surface area contributed by atoms with Crippen molar-refractivity contribution >= 4 is 22.7 Å². The molecule has 0 aliphatic carbocycles. The molecule has 3 aromatic rings. The zero-order valence-corrected chi connectivity index (χ0v) is 13.5. The van der Waals surface area contributed by atoms with Crippen LogP contribution in [0.3, 0.4) is 0 Å². The first-order valence-electron chi connectivity index (χ1n) is 7.63. The Labute approximate surface area is 140 Å². The number of H-pyrrole nitrogens is 1. The van der Waals surface area contributed by atoms with Crippen molar-refractivity contribution in [2.45, 2.75) is 6.92 Å². The van der Waals surface area contributed by atoms with Gasteiger partial charge in [0.1, 0.15) is 23.4 Å². The first-order valence-corrected chi connectivity index (χ1v) is 7.63. The summed E-state index contributed by atoms with van der Waals surface area (Å²) in [6.07, 6.45) is 1.78. The predicted molar refractivity (Wildman–Crippen MR) is 93.7 cm³/mol. The summed E-state index contributed by atoms with van der Waals surface area (Å²) in [5, 5.41) is 9.54. The number of nitrogens with one attached hydrogen (secondary N) is 1. The van der Waals surface area contributed by atoms with E-state index in [1.165, 1.54) is 0 Å². The van der Waals surface area contributed by atoms with Crippen molar-refractivity contribution in [3.05, 3.63) is 53.9 Å². The molecule has 0 fully saturated rings. The number of hydrogen-bond acceptors (Lipinski definition) is 4. The largest absolute Gasteiger partial charge is 0.497 e. The zero-order chi connectivity index (χ0) is 16.9. The molecule has 0 spiro atoms. The number of rotatable bonds is 5. The van der Waals surface area contributed by atoms with Gasteiger partial charge in [0, 0.05) is 11.6 Å². The van der Waals surface area contributed by atoms with Gasteiger partial charge in [-0.1, -0.05) is 18.2 Å². The number of fused-ring (bicyclic) bond motifs is 1. The molecule has 0 radical (unpaired) electrons. The second-order valence-corrected chi connectivity index (χ2v) is 5.11. The van der Waals surface area contributed by atoms with Crippen LogP contribution >= 0.6 is 0 Å². The third-order valence-electron chi connectivity index (χ3n) is 3.58. The smallest absolute Gasteiger partial charge is 0.149 e. The lowest BCUT2D eigenvalue weighted by molar-refractivity contribution is 0.339. The molecule has 0 amide bonds. The maximum Gasteiger partial charge on any atom is 0.149 e. The van der Waals surface area contributed by atoms with E-state index in [0.717, 1.165) is 28.1 Å². The number of imidazole rings is 1. The van der Waals surface area contributed by atoms with Gasteiger partial charge in [0.15, 0.2) is 0 Å². The molecule has 5 nitrogen and oxygen atoms in total. The molecule has 1 N–H and O–H groups in total. The van der Waals surface area contributed by atoms with Crippen LogP contribution < -0.4 is 9.47 Å². The number of allylic oxidation sites excluding steroid dienone is 1. The minimum Gasteiger partial charge on any atom is -0.497 e. The molecule has 2 aromatic carbocycles. The number of nitriles is 1. The highest BCUT2D eigenvalue weighted by molar-refractivity contribution is 5.91. The van der Waals surface area contributed by atoms with Crippen LogP contribution in [-0.4, -0.2) is 23.7 Å². The molecular formula is C19H17N3O2. The molecule has 120 valence electrons. The summed E-state index contributed by atoms with van der Waals surface area (Å²) < 4.78 is 10.8. The van der Waals surface area contributed by atoms with E-state index in [2.05, 4.69) is 16.0 Å². The van der Waals surface area contributed by atoms with Crippen LogP contribution in [-0.2, 0) is 0 Å². The molecule has 24 heavy (non-hydrogen) atoms. The third kappa shape index (κ3) is 3.08. The van der Waals surface area contributed by atoms with Gasteiger partial charge in [-0.3, -0.25) is 0 Å². The minimum atomic E-state index is 0.442. The highest BCUT2D eigenvalue weighted by Crippen LogP contribution is 2.26. The van der Waals surface area contributed by atoms with Gasteiger partial charge < -0.3 is 14.5 Å². The van der Waals surface area contributed by atoms with Crippen LogP contribution in [0.15, 0.2) is 42.5 Å². The Balaban J connectivity index is 2.04. The van der Waals surface area contributed by atoms with Gasteiger partial charge in [0.25, 0.3) is 0 Å². The molecule has 0 atom stereocenters. The zero-order valence-electron chi connectivity index (χ0n) is 13.5. The van der Waals surface area contributed by atoms with E-state index in [1.54, 1.807) is 13.2 Å². The normalized spacial score (nSPS) is 11.3. The lowest BCUT2D eigenvalue weighted by Gasteiger charge is -2.06. The second-order valence-electron chi connectivity index (χ2n) is 5.11. The lowest BCUT2D eigenvalue weighted by Crippen LogP contribution is -1.94. The van der Waals surface area contributed by atoms with Crippen molar-refractivity contribution in [1.82, 2.24) is 9.97 Å². The molecule has 0 unspecified atom stereocenters. The summed E-state index contributed by atoms with van der Waals surface area (Å²) in [7, 11) is 1.61. The van der Waals surface area contributed by atoms with Crippen LogP contribution in [0.4, 0.5) is 0 Å². The summed E-state index contributed by atoms with van der Waals surface area (Å²) >= 11 is 0. The fourth-order valence-electron chi connectivity index (χ4n) is 2.44. The number of aromatic amines is 1. The topological polar surface area (TPSA) is 70.9 Å². The number of nitrogens with zero attached hydrogens (tertiary/aromatic N) is 2. The van der Waals surface area contributed by atoms with E-state index in [1.807, 2.05) is 49.4 Å². The average molecular weight is 319 g/mol. The monoisotopic (exact) mass is 319 g/mol. The van der Waals surface area contributed by atoms with Crippen molar-refractivity contribution in [2.75, 3.05) is 13.7 Å². The van der Waals surface area contributed by atoms with Crippen molar-refractivity contribution in [3.63, 3.8) is 0 Å². The number of aromatic nitrogens is 2. The summed E-state index contributed by atoms with van der Waals surface area (Å²) in [4.78, 5) is 7.66. The van der Waals surface area contributed by atoms with Crippen LogP contribution in [0.25, 0.3) is 22.7 Å². The fraction of sp³-hybridized carbons (Fsp3) is 0.158. The van der Waals surface area contributed by atoms with Gasteiger partial charge in [0.2, 0.25) is 0 Å². The Bertz CT molecular complexity index is 935. The van der Waals surface area contributed by atoms with E-state index in [9.17, 15) is 5.26 Å². The van der Waals surface area contributed by atoms with E-state index in [-0.39, 0.29) is 0 Å². The molecule has 5 heteroatoms. The minimum absolute atomic E-state index is 0.442. The third-order valence-corrected chi connectivity index (χ3v) is 3.58. The Morgan fingerprint density at radius 1 is 1.29 bits per heavy atom. The SMILES string of the molecule is CCOc1ccccc1/C=C(/C#N)c1nc2ccc(OC)cc2[nH]1. The standard InChI is InChI=1S/C19H17N3O2/c1-3-24-18-7-5-4-6-13(18)10-14(12-20)19-21-16-9-8-15(23-2)11-17(16)22-19/h4-11H,3H2,1-2H3,(H,21,22)/b14-10-. The van der Waals surface area contributed by atoms with Crippen molar-refractivity contribution in [2.24, 2.45) is 0 Å². The van der Waals surface area contributed by atoms with E-state index >= 15 is 0 Å². The average Bonchev–Trinajstić information content (AvgIpc) is 3.04. The number of ether oxygens (including phenoxy) is 2. The van der Waals surface area contributed by atoms with Crippen molar-refractivity contribution in [3.8, 4) is 17.6 Å². The quantitative estimate of drug-likeness (QED) is 0.721. The van der Waals surface area contributed by atoms with Crippen molar-refractivity contribution in [1.29, 1.82) is 5.26 Å². The summed E-state index contributed by atoms with van der Waals surface area (Å²) in [6.45, 7) is 2.50. The van der Waals surface area contributed by atoms with Gasteiger partial charge in [0.05, 0.1) is 30.3 Å². The number of hydrogen-bond donors (Lipinski definition) is 1. The second kappa shape index (κ2) is 6.88.